The van der Waals surface area contributed by atoms with E-state index in [1.165, 1.54) is 52.8 Å². The Morgan fingerprint density at radius 2 is 1.59 bits per heavy atom. The first-order valence-corrected chi connectivity index (χ1v) is 9.93. The Labute approximate surface area is 157 Å². The zero-order chi connectivity index (χ0) is 19.6. The number of hydrogen-bond donors (Lipinski definition) is 0. The van der Waals surface area contributed by atoms with Crippen molar-refractivity contribution in [2.45, 2.75) is 31.0 Å². The first kappa shape index (κ1) is 19.5. The third kappa shape index (κ3) is 4.52. The van der Waals surface area contributed by atoms with Gasteiger partial charge in [0.1, 0.15) is 11.6 Å². The van der Waals surface area contributed by atoms with Gasteiger partial charge >= 0.3 is 5.97 Å². The molecule has 0 aliphatic carbocycles. The summed E-state index contributed by atoms with van der Waals surface area (Å²) in [5.41, 5.74) is 0.196. The number of sulfonamides is 1. The molecule has 2 atom stereocenters. The van der Waals surface area contributed by atoms with Crippen LogP contribution in [0.4, 0.5) is 4.39 Å². The van der Waals surface area contributed by atoms with Crippen LogP contribution in [0.25, 0.3) is 0 Å². The van der Waals surface area contributed by atoms with E-state index >= 15 is 0 Å². The van der Waals surface area contributed by atoms with Crippen molar-refractivity contribution in [3.8, 4) is 5.75 Å². The van der Waals surface area contributed by atoms with Gasteiger partial charge in [0.2, 0.25) is 10.0 Å². The molecular formula is C19H20FNO5S. The predicted octanol–water partition coefficient (Wildman–Crippen LogP) is 2.84. The van der Waals surface area contributed by atoms with Gasteiger partial charge in [-0.3, -0.25) is 0 Å². The molecule has 3 rings (SSSR count). The molecule has 0 unspecified atom stereocenters. The SMILES string of the molecule is C[C@@H]1CN(S(=O)(=O)c2ccc(C(=O)Oc3ccc(F)cc3)cc2)C[C@@H](C)O1. The molecule has 1 fully saturated rings. The Bertz CT molecular complexity index is 902. The van der Waals surface area contributed by atoms with Crippen LogP contribution in [-0.4, -0.2) is 44.0 Å². The first-order valence-electron chi connectivity index (χ1n) is 8.49. The summed E-state index contributed by atoms with van der Waals surface area (Å²) in [5, 5.41) is 0. The summed E-state index contributed by atoms with van der Waals surface area (Å²) in [6.45, 7) is 4.21. The number of carbonyl (C=O) groups is 1. The van der Waals surface area contributed by atoms with E-state index < -0.39 is 21.8 Å². The van der Waals surface area contributed by atoms with E-state index in [1.807, 2.05) is 13.8 Å². The zero-order valence-corrected chi connectivity index (χ0v) is 15.8. The lowest BCUT2D eigenvalue weighted by atomic mass is 10.2. The number of hydrogen-bond acceptors (Lipinski definition) is 5. The van der Waals surface area contributed by atoms with Gasteiger partial charge in [0.15, 0.2) is 0 Å². The van der Waals surface area contributed by atoms with Gasteiger partial charge in [0, 0.05) is 13.1 Å². The van der Waals surface area contributed by atoms with Crippen molar-refractivity contribution in [2.75, 3.05) is 13.1 Å². The predicted molar refractivity (Wildman–Crippen MR) is 96.6 cm³/mol. The summed E-state index contributed by atoms with van der Waals surface area (Å²) in [7, 11) is -3.67. The quantitative estimate of drug-likeness (QED) is 0.590. The van der Waals surface area contributed by atoms with Gasteiger partial charge in [-0.05, 0) is 62.4 Å². The van der Waals surface area contributed by atoms with Crippen LogP contribution >= 0.6 is 0 Å². The standard InChI is InChI=1S/C19H20FNO5S/c1-13-11-21(12-14(2)25-13)27(23,24)18-9-3-15(4-10-18)19(22)26-17-7-5-16(20)6-8-17/h3-10,13-14H,11-12H2,1-2H3/t13-,14-/m1/s1. The molecule has 0 amide bonds. The summed E-state index contributed by atoms with van der Waals surface area (Å²) in [5.74, 6) is -0.885. The molecule has 0 saturated carbocycles. The number of morpholine rings is 1. The molecule has 8 heteroatoms. The highest BCUT2D eigenvalue weighted by Crippen LogP contribution is 2.22. The van der Waals surface area contributed by atoms with Gasteiger partial charge in [0.25, 0.3) is 0 Å². The maximum absolute atomic E-state index is 12.9. The molecule has 0 aromatic heterocycles. The summed E-state index contributed by atoms with van der Waals surface area (Å²) in [6, 6.07) is 10.6. The van der Waals surface area contributed by atoms with Crippen LogP contribution in [0, 0.1) is 5.82 Å². The summed E-state index contributed by atoms with van der Waals surface area (Å²) >= 11 is 0. The molecule has 6 nitrogen and oxygen atoms in total. The second-order valence-corrected chi connectivity index (χ2v) is 8.39. The molecule has 2 aromatic carbocycles. The molecule has 0 bridgehead atoms. The van der Waals surface area contributed by atoms with Crippen molar-refractivity contribution >= 4 is 16.0 Å². The lowest BCUT2D eigenvalue weighted by Crippen LogP contribution is -2.48. The average molecular weight is 393 g/mol. The molecule has 0 spiro atoms. The fourth-order valence-corrected chi connectivity index (χ4v) is 4.50. The van der Waals surface area contributed by atoms with E-state index in [0.29, 0.717) is 0 Å². The summed E-state index contributed by atoms with van der Waals surface area (Å²) in [4.78, 5) is 12.3. The number of esters is 1. The lowest BCUT2D eigenvalue weighted by molar-refractivity contribution is -0.0440. The van der Waals surface area contributed by atoms with Crippen LogP contribution in [0.15, 0.2) is 53.4 Å². The van der Waals surface area contributed by atoms with Crippen LogP contribution in [0.1, 0.15) is 24.2 Å². The Morgan fingerprint density at radius 3 is 2.15 bits per heavy atom. The molecule has 1 aliphatic rings. The number of ether oxygens (including phenoxy) is 2. The van der Waals surface area contributed by atoms with Crippen molar-refractivity contribution in [3.63, 3.8) is 0 Å². The second kappa shape index (κ2) is 7.75. The third-order valence-electron chi connectivity index (χ3n) is 4.14. The molecular weight excluding hydrogens is 373 g/mol. The highest BCUT2D eigenvalue weighted by Gasteiger charge is 2.32. The largest absolute Gasteiger partial charge is 0.423 e. The van der Waals surface area contributed by atoms with Crippen molar-refractivity contribution in [3.05, 3.63) is 59.9 Å². The Balaban J connectivity index is 1.74. The van der Waals surface area contributed by atoms with Gasteiger partial charge in [-0.15, -0.1) is 0 Å². The Hall–Kier alpha value is -2.29. The molecule has 1 aliphatic heterocycles. The molecule has 0 N–H and O–H groups in total. The number of benzene rings is 2. The van der Waals surface area contributed by atoms with Crippen LogP contribution in [-0.2, 0) is 14.8 Å². The number of rotatable bonds is 4. The van der Waals surface area contributed by atoms with Gasteiger partial charge in [-0.2, -0.15) is 4.31 Å². The second-order valence-electron chi connectivity index (χ2n) is 6.45. The zero-order valence-electron chi connectivity index (χ0n) is 15.0. The van der Waals surface area contributed by atoms with E-state index in [-0.39, 0.29) is 41.5 Å². The minimum atomic E-state index is -3.67. The minimum absolute atomic E-state index is 0.0992. The maximum atomic E-state index is 12.9. The first-order chi connectivity index (χ1) is 12.8. The van der Waals surface area contributed by atoms with Crippen LogP contribution in [0.5, 0.6) is 5.75 Å². The normalized spacial score (nSPS) is 21.0. The van der Waals surface area contributed by atoms with Crippen LogP contribution in [0.3, 0.4) is 0 Å². The maximum Gasteiger partial charge on any atom is 0.343 e. The summed E-state index contributed by atoms with van der Waals surface area (Å²) in [6.07, 6.45) is -0.373. The smallest absolute Gasteiger partial charge is 0.343 e. The van der Waals surface area contributed by atoms with Crippen LogP contribution < -0.4 is 4.74 Å². The minimum Gasteiger partial charge on any atom is -0.423 e. The molecule has 1 saturated heterocycles. The van der Waals surface area contributed by atoms with Gasteiger partial charge in [-0.25, -0.2) is 17.6 Å². The van der Waals surface area contributed by atoms with E-state index in [4.69, 9.17) is 9.47 Å². The number of carbonyl (C=O) groups excluding carboxylic acids is 1. The van der Waals surface area contributed by atoms with E-state index in [0.717, 1.165) is 0 Å². The summed E-state index contributed by atoms with van der Waals surface area (Å²) < 4.78 is 50.6. The van der Waals surface area contributed by atoms with E-state index in [2.05, 4.69) is 0 Å². The van der Waals surface area contributed by atoms with E-state index in [9.17, 15) is 17.6 Å². The molecule has 1 heterocycles. The van der Waals surface area contributed by atoms with Crippen molar-refractivity contribution < 1.29 is 27.1 Å². The van der Waals surface area contributed by atoms with Gasteiger partial charge in [-0.1, -0.05) is 0 Å². The van der Waals surface area contributed by atoms with Gasteiger partial charge < -0.3 is 9.47 Å². The monoisotopic (exact) mass is 393 g/mol. The Kier molecular flexibility index (Phi) is 5.59. The highest BCUT2D eigenvalue weighted by atomic mass is 32.2. The highest BCUT2D eigenvalue weighted by molar-refractivity contribution is 7.89. The molecule has 2 aromatic rings. The van der Waals surface area contributed by atoms with E-state index in [1.54, 1.807) is 0 Å². The topological polar surface area (TPSA) is 72.9 Å². The fourth-order valence-electron chi connectivity index (χ4n) is 2.91. The molecule has 27 heavy (non-hydrogen) atoms. The number of halogens is 1. The third-order valence-corrected chi connectivity index (χ3v) is 5.98. The fraction of sp³-hybridized carbons (Fsp3) is 0.316. The molecule has 144 valence electrons. The average Bonchev–Trinajstić information content (AvgIpc) is 2.63. The van der Waals surface area contributed by atoms with Gasteiger partial charge in [0.05, 0.1) is 22.7 Å². The Morgan fingerprint density at radius 1 is 1.04 bits per heavy atom. The molecule has 0 radical (unpaired) electrons. The lowest BCUT2D eigenvalue weighted by Gasteiger charge is -2.34. The van der Waals surface area contributed by atoms with Crippen molar-refractivity contribution in [2.24, 2.45) is 0 Å². The number of nitrogens with zero attached hydrogens (tertiary/aromatic N) is 1. The van der Waals surface area contributed by atoms with Crippen LogP contribution in [0.2, 0.25) is 0 Å². The van der Waals surface area contributed by atoms with Crippen molar-refractivity contribution in [1.82, 2.24) is 4.31 Å². The van der Waals surface area contributed by atoms with Crippen molar-refractivity contribution in [1.29, 1.82) is 0 Å².